The first-order valence-corrected chi connectivity index (χ1v) is 13.9. The molecule has 0 heterocycles. The average Bonchev–Trinajstić information content (AvgIpc) is 3.03. The van der Waals surface area contributed by atoms with Gasteiger partial charge < -0.3 is 24.4 Å². The molecule has 0 saturated carbocycles. The minimum absolute atomic E-state index is 0.0903. The van der Waals surface area contributed by atoms with Gasteiger partial charge in [0.05, 0.1) is 27.8 Å². The lowest BCUT2D eigenvalue weighted by molar-refractivity contribution is -0.140. The van der Waals surface area contributed by atoms with Crippen molar-refractivity contribution in [3.05, 3.63) is 125 Å². The summed E-state index contributed by atoms with van der Waals surface area (Å²) in [5, 5.41) is 3.09. The first kappa shape index (κ1) is 30.2. The van der Waals surface area contributed by atoms with E-state index < -0.39 is 6.04 Å². The Hall–Kier alpha value is -4.78. The molecular formula is C35H38N2O5. The van der Waals surface area contributed by atoms with Crippen LogP contribution in [0, 0.1) is 6.92 Å². The van der Waals surface area contributed by atoms with Crippen LogP contribution in [0.5, 0.6) is 17.2 Å². The van der Waals surface area contributed by atoms with Crippen LogP contribution in [0.25, 0.3) is 0 Å². The Labute approximate surface area is 248 Å². The topological polar surface area (TPSA) is 77.1 Å². The lowest BCUT2D eigenvalue weighted by Crippen LogP contribution is -2.50. The van der Waals surface area contributed by atoms with Gasteiger partial charge in [0.2, 0.25) is 11.8 Å². The van der Waals surface area contributed by atoms with Gasteiger partial charge >= 0.3 is 0 Å². The molecule has 218 valence electrons. The summed E-state index contributed by atoms with van der Waals surface area (Å²) < 4.78 is 16.1. The zero-order valence-corrected chi connectivity index (χ0v) is 24.6. The van der Waals surface area contributed by atoms with Gasteiger partial charge in [-0.05, 0) is 53.4 Å². The van der Waals surface area contributed by atoms with E-state index in [1.807, 2.05) is 91.9 Å². The molecule has 0 spiro atoms. The molecule has 0 aliphatic carbocycles. The van der Waals surface area contributed by atoms with E-state index in [-0.39, 0.29) is 24.8 Å². The molecule has 0 saturated heterocycles. The van der Waals surface area contributed by atoms with Crippen molar-refractivity contribution >= 4 is 11.8 Å². The predicted molar refractivity (Wildman–Crippen MR) is 164 cm³/mol. The van der Waals surface area contributed by atoms with Crippen molar-refractivity contribution in [1.29, 1.82) is 0 Å². The van der Waals surface area contributed by atoms with E-state index in [9.17, 15) is 9.59 Å². The van der Waals surface area contributed by atoms with Gasteiger partial charge in [-0.1, -0.05) is 78.4 Å². The largest absolute Gasteiger partial charge is 0.497 e. The third-order valence-electron chi connectivity index (χ3n) is 7.17. The number of methoxy groups -OCH3 is 3. The molecule has 1 N–H and O–H groups in total. The summed E-state index contributed by atoms with van der Waals surface area (Å²) >= 11 is 0. The van der Waals surface area contributed by atoms with E-state index in [2.05, 4.69) is 5.32 Å². The molecule has 2 amide bonds. The van der Waals surface area contributed by atoms with E-state index in [0.29, 0.717) is 24.5 Å². The molecule has 7 heteroatoms. The lowest BCUT2D eigenvalue weighted by atomic mass is 10.0. The zero-order valence-electron chi connectivity index (χ0n) is 24.6. The molecule has 0 aromatic heterocycles. The van der Waals surface area contributed by atoms with E-state index in [1.165, 1.54) is 0 Å². The van der Waals surface area contributed by atoms with Crippen molar-refractivity contribution in [1.82, 2.24) is 10.2 Å². The molecule has 7 nitrogen and oxygen atoms in total. The van der Waals surface area contributed by atoms with Gasteiger partial charge in [-0.2, -0.15) is 0 Å². The van der Waals surface area contributed by atoms with Crippen LogP contribution in [0.2, 0.25) is 0 Å². The van der Waals surface area contributed by atoms with Crippen LogP contribution in [0.15, 0.2) is 97.1 Å². The molecule has 0 radical (unpaired) electrons. The zero-order chi connectivity index (χ0) is 29.9. The van der Waals surface area contributed by atoms with Crippen LogP contribution < -0.4 is 19.5 Å². The normalized spacial score (nSPS) is 11.3. The average molecular weight is 567 g/mol. The second kappa shape index (κ2) is 14.7. The van der Waals surface area contributed by atoms with Gasteiger partial charge in [0.25, 0.3) is 0 Å². The van der Waals surface area contributed by atoms with Gasteiger partial charge in [0, 0.05) is 19.5 Å². The summed E-state index contributed by atoms with van der Waals surface area (Å²) in [6.07, 6.45) is 0.460. The Balaban J connectivity index is 1.66. The highest BCUT2D eigenvalue weighted by molar-refractivity contribution is 5.89. The summed E-state index contributed by atoms with van der Waals surface area (Å²) in [6, 6.07) is 30.0. The number of amides is 2. The van der Waals surface area contributed by atoms with Crippen LogP contribution in [0.4, 0.5) is 0 Å². The van der Waals surface area contributed by atoms with Gasteiger partial charge in [0.15, 0.2) is 11.5 Å². The first-order chi connectivity index (χ1) is 20.4. The van der Waals surface area contributed by atoms with Crippen molar-refractivity contribution < 1.29 is 23.8 Å². The van der Waals surface area contributed by atoms with Gasteiger partial charge in [-0.15, -0.1) is 0 Å². The highest BCUT2D eigenvalue weighted by Crippen LogP contribution is 2.28. The van der Waals surface area contributed by atoms with Crippen molar-refractivity contribution in [2.24, 2.45) is 0 Å². The maximum atomic E-state index is 14.1. The Morgan fingerprint density at radius 2 is 1.36 bits per heavy atom. The quantitative estimate of drug-likeness (QED) is 0.231. The molecule has 1 atom stereocenters. The monoisotopic (exact) mass is 566 g/mol. The van der Waals surface area contributed by atoms with Crippen molar-refractivity contribution in [3.63, 3.8) is 0 Å². The molecule has 0 unspecified atom stereocenters. The van der Waals surface area contributed by atoms with E-state index in [4.69, 9.17) is 14.2 Å². The number of rotatable bonds is 13. The number of hydrogen-bond donors (Lipinski definition) is 1. The van der Waals surface area contributed by atoms with Gasteiger partial charge in [-0.3, -0.25) is 9.59 Å². The smallest absolute Gasteiger partial charge is 0.243 e. The van der Waals surface area contributed by atoms with Crippen molar-refractivity contribution in [2.45, 2.75) is 38.9 Å². The SMILES string of the molecule is COc1ccc(CN(C(=O)Cc2ccc(OC)c(OC)c2)[C@H](Cc2ccccc2)C(=O)NCc2ccc(C)cc2)cc1. The van der Waals surface area contributed by atoms with Crippen LogP contribution in [0.1, 0.15) is 27.8 Å². The summed E-state index contributed by atoms with van der Waals surface area (Å²) in [5.74, 6) is 1.46. The van der Waals surface area contributed by atoms with E-state index >= 15 is 0 Å². The van der Waals surface area contributed by atoms with Crippen LogP contribution >= 0.6 is 0 Å². The summed E-state index contributed by atoms with van der Waals surface area (Å²) in [5.41, 5.74) is 4.76. The second-order valence-electron chi connectivity index (χ2n) is 10.1. The number of nitrogens with zero attached hydrogens (tertiary/aromatic N) is 1. The predicted octanol–water partition coefficient (Wildman–Crippen LogP) is 5.52. The Kier molecular flexibility index (Phi) is 10.6. The summed E-state index contributed by atoms with van der Waals surface area (Å²) in [6.45, 7) is 2.65. The highest BCUT2D eigenvalue weighted by atomic mass is 16.5. The number of carbonyl (C=O) groups is 2. The van der Waals surface area contributed by atoms with Crippen molar-refractivity contribution in [3.8, 4) is 17.2 Å². The first-order valence-electron chi connectivity index (χ1n) is 13.9. The van der Waals surface area contributed by atoms with Crippen LogP contribution in [0.3, 0.4) is 0 Å². The number of nitrogens with one attached hydrogen (secondary N) is 1. The molecular weight excluding hydrogens is 528 g/mol. The molecule has 42 heavy (non-hydrogen) atoms. The highest BCUT2D eigenvalue weighted by Gasteiger charge is 2.30. The van der Waals surface area contributed by atoms with Crippen LogP contribution in [-0.4, -0.2) is 44.1 Å². The number of carbonyl (C=O) groups excluding carboxylic acids is 2. The molecule has 4 aromatic carbocycles. The second-order valence-corrected chi connectivity index (χ2v) is 10.1. The fourth-order valence-corrected chi connectivity index (χ4v) is 4.76. The third kappa shape index (κ3) is 8.13. The van der Waals surface area contributed by atoms with E-state index in [1.54, 1.807) is 38.4 Å². The molecule has 0 aliphatic heterocycles. The Morgan fingerprint density at radius 3 is 2.00 bits per heavy atom. The van der Waals surface area contributed by atoms with Crippen LogP contribution in [-0.2, 0) is 35.5 Å². The minimum atomic E-state index is -0.743. The molecule has 4 rings (SSSR count). The summed E-state index contributed by atoms with van der Waals surface area (Å²) in [7, 11) is 4.75. The fourth-order valence-electron chi connectivity index (χ4n) is 4.76. The van der Waals surface area contributed by atoms with E-state index in [0.717, 1.165) is 33.6 Å². The number of benzene rings is 4. The fraction of sp³-hybridized carbons (Fsp3) is 0.257. The molecule has 4 aromatic rings. The molecule has 0 fully saturated rings. The summed E-state index contributed by atoms with van der Waals surface area (Å²) in [4.78, 5) is 29.7. The van der Waals surface area contributed by atoms with Gasteiger partial charge in [0.1, 0.15) is 11.8 Å². The molecule has 0 aliphatic rings. The maximum absolute atomic E-state index is 14.1. The number of hydrogen-bond acceptors (Lipinski definition) is 5. The van der Waals surface area contributed by atoms with Crippen molar-refractivity contribution in [2.75, 3.05) is 21.3 Å². The third-order valence-corrected chi connectivity index (χ3v) is 7.17. The maximum Gasteiger partial charge on any atom is 0.243 e. The van der Waals surface area contributed by atoms with Gasteiger partial charge in [-0.25, -0.2) is 0 Å². The minimum Gasteiger partial charge on any atom is -0.497 e. The molecule has 0 bridgehead atoms. The number of ether oxygens (including phenoxy) is 3. The lowest BCUT2D eigenvalue weighted by Gasteiger charge is -2.32. The number of aryl methyl sites for hydroxylation is 1. The standard InChI is InChI=1S/C35H38N2O5/c1-25-10-12-27(13-11-25)23-36-35(39)31(20-26-8-6-5-7-9-26)37(24-28-14-17-30(40-2)18-15-28)34(38)22-29-16-19-32(41-3)33(21-29)42-4/h5-19,21,31H,20,22-24H2,1-4H3,(H,36,39)/t31-/m1/s1. The Morgan fingerprint density at radius 1 is 0.714 bits per heavy atom. The Bertz CT molecular complexity index is 1450.